The molecule has 0 amide bonds. The van der Waals surface area contributed by atoms with Crippen molar-refractivity contribution in [2.75, 3.05) is 6.54 Å². The van der Waals surface area contributed by atoms with Crippen molar-refractivity contribution < 1.29 is 9.90 Å². The number of aliphatic hydroxyl groups is 1. The Hall–Kier alpha value is -1.49. The first kappa shape index (κ1) is 16.7. The molecule has 26 heavy (non-hydrogen) atoms. The topological polar surface area (TPSA) is 52.3 Å². The summed E-state index contributed by atoms with van der Waals surface area (Å²) in [6, 6.07) is 9.10. The maximum Gasteiger partial charge on any atom is 0.150 e. The van der Waals surface area contributed by atoms with Gasteiger partial charge < -0.3 is 10.4 Å². The lowest BCUT2D eigenvalue weighted by atomic mass is 9.74. The Morgan fingerprint density at radius 3 is 2.69 bits per heavy atom. The zero-order valence-electron chi connectivity index (χ0n) is 15.3. The average Bonchev–Trinajstić information content (AvgIpc) is 3.00. The molecule has 4 bridgehead atoms. The highest BCUT2D eigenvalue weighted by Gasteiger charge is 2.77. The number of benzene rings is 1. The third-order valence-electron chi connectivity index (χ3n) is 7.41. The summed E-state index contributed by atoms with van der Waals surface area (Å²) in [6.07, 6.45) is 10.7. The number of hydrogen-bond acceptors (Lipinski definition) is 4. The summed E-state index contributed by atoms with van der Waals surface area (Å²) >= 11 is 0. The van der Waals surface area contributed by atoms with Crippen LogP contribution in [0.3, 0.4) is 0 Å². The first-order valence-electron chi connectivity index (χ1n) is 10.1. The van der Waals surface area contributed by atoms with E-state index in [9.17, 15) is 9.90 Å². The van der Waals surface area contributed by atoms with Crippen LogP contribution >= 0.6 is 0 Å². The summed E-state index contributed by atoms with van der Waals surface area (Å²) in [5.41, 5.74) is 1.32. The van der Waals surface area contributed by atoms with Crippen molar-refractivity contribution in [2.24, 2.45) is 11.8 Å². The summed E-state index contributed by atoms with van der Waals surface area (Å²) in [5.74, 6) is 0.998. The van der Waals surface area contributed by atoms with E-state index in [1.165, 1.54) is 31.2 Å². The van der Waals surface area contributed by atoms with E-state index in [1.807, 2.05) is 12.1 Å². The molecule has 4 heteroatoms. The molecule has 3 fully saturated rings. The quantitative estimate of drug-likeness (QED) is 0.470. The Morgan fingerprint density at radius 1 is 1.27 bits per heavy atom. The molecular weight excluding hydrogens is 324 g/mol. The maximum atomic E-state index is 11.3. The highest BCUT2D eigenvalue weighted by atomic mass is 16.3. The third-order valence-corrected chi connectivity index (χ3v) is 7.41. The molecular formula is C22H28N2O2. The smallest absolute Gasteiger partial charge is 0.150 e. The predicted octanol–water partition coefficient (Wildman–Crippen LogP) is 2.69. The SMILES string of the molecule is C[C@H](c1ccc(C=O)cc1)[C@H]1[C@@H]2C=C[C@@H]3N1[C@]3(O)[C@H]2CNC1CCCC1. The van der Waals surface area contributed by atoms with Gasteiger partial charge in [-0.3, -0.25) is 9.69 Å². The molecule has 1 unspecified atom stereocenters. The lowest BCUT2D eigenvalue weighted by molar-refractivity contribution is 0.0512. The van der Waals surface area contributed by atoms with Crippen molar-refractivity contribution in [1.82, 2.24) is 10.2 Å². The number of carbonyl (C=O) groups excluding carboxylic acids is 1. The molecule has 0 spiro atoms. The minimum atomic E-state index is -0.646. The molecule has 1 saturated carbocycles. The van der Waals surface area contributed by atoms with E-state index >= 15 is 0 Å². The highest BCUT2D eigenvalue weighted by Crippen LogP contribution is 2.63. The van der Waals surface area contributed by atoms with Gasteiger partial charge in [-0.25, -0.2) is 0 Å². The van der Waals surface area contributed by atoms with Crippen LogP contribution in [-0.2, 0) is 0 Å². The second-order valence-corrected chi connectivity index (χ2v) is 8.66. The fourth-order valence-electron chi connectivity index (χ4n) is 5.96. The van der Waals surface area contributed by atoms with Gasteiger partial charge in [0.1, 0.15) is 12.0 Å². The van der Waals surface area contributed by atoms with Gasteiger partial charge in [0.05, 0.1) is 6.04 Å². The standard InChI is InChI=1S/C22H28N2O2/c1-14(16-8-6-15(13-25)7-9-16)21-18-10-11-20-22(26,24(20)21)19(18)12-23-17-4-2-3-5-17/h6-11,13-14,17-21,23,26H,2-5,12H2,1H3/t14-,18-,19+,20+,21+,22+,24?/m1/s1. The predicted molar refractivity (Wildman–Crippen MR) is 101 cm³/mol. The molecule has 0 radical (unpaired) electrons. The van der Waals surface area contributed by atoms with E-state index < -0.39 is 5.72 Å². The molecule has 3 aliphatic heterocycles. The van der Waals surface area contributed by atoms with E-state index in [1.54, 1.807) is 0 Å². The normalized spacial score (nSPS) is 41.4. The second kappa shape index (κ2) is 6.01. The molecule has 6 rings (SSSR count). The first-order valence-corrected chi connectivity index (χ1v) is 10.1. The first-order chi connectivity index (χ1) is 12.6. The van der Waals surface area contributed by atoms with Crippen LogP contribution in [0.25, 0.3) is 0 Å². The molecule has 0 aromatic heterocycles. The van der Waals surface area contributed by atoms with Crippen LogP contribution in [0.1, 0.15) is 54.4 Å². The van der Waals surface area contributed by atoms with Gasteiger partial charge in [0.25, 0.3) is 0 Å². The zero-order chi connectivity index (χ0) is 17.9. The summed E-state index contributed by atoms with van der Waals surface area (Å²) in [7, 11) is 0. The van der Waals surface area contributed by atoms with Gasteiger partial charge in [0.2, 0.25) is 0 Å². The summed E-state index contributed by atoms with van der Waals surface area (Å²) in [5, 5.41) is 15.1. The number of aldehydes is 1. The number of nitrogens with one attached hydrogen (secondary N) is 1. The van der Waals surface area contributed by atoms with Crippen LogP contribution in [0.2, 0.25) is 0 Å². The van der Waals surface area contributed by atoms with E-state index in [-0.39, 0.29) is 12.0 Å². The average molecular weight is 352 g/mol. The van der Waals surface area contributed by atoms with Crippen LogP contribution in [-0.4, -0.2) is 46.7 Å². The highest BCUT2D eigenvalue weighted by molar-refractivity contribution is 5.74. The summed E-state index contributed by atoms with van der Waals surface area (Å²) < 4.78 is 0. The monoisotopic (exact) mass is 352 g/mol. The molecule has 138 valence electrons. The Bertz CT molecular complexity index is 724. The van der Waals surface area contributed by atoms with Crippen molar-refractivity contribution in [3.05, 3.63) is 47.5 Å². The lowest BCUT2D eigenvalue weighted by Gasteiger charge is -2.35. The van der Waals surface area contributed by atoms with Gasteiger partial charge in [-0.2, -0.15) is 0 Å². The molecule has 1 aromatic rings. The Kier molecular flexibility index (Phi) is 3.85. The maximum absolute atomic E-state index is 11.3. The Morgan fingerprint density at radius 2 is 2.00 bits per heavy atom. The van der Waals surface area contributed by atoms with Gasteiger partial charge in [-0.15, -0.1) is 0 Å². The second-order valence-electron chi connectivity index (χ2n) is 8.66. The van der Waals surface area contributed by atoms with Crippen molar-refractivity contribution >= 4 is 6.29 Å². The zero-order valence-corrected chi connectivity index (χ0v) is 15.3. The summed E-state index contributed by atoms with van der Waals surface area (Å²) in [6.45, 7) is 3.17. The van der Waals surface area contributed by atoms with Crippen LogP contribution in [0.4, 0.5) is 0 Å². The van der Waals surface area contributed by atoms with E-state index in [0.717, 1.165) is 18.4 Å². The number of nitrogens with zero attached hydrogens (tertiary/aromatic N) is 1. The van der Waals surface area contributed by atoms with E-state index in [0.29, 0.717) is 23.9 Å². The van der Waals surface area contributed by atoms with Crippen LogP contribution < -0.4 is 5.32 Å². The van der Waals surface area contributed by atoms with Gasteiger partial charge in [0.15, 0.2) is 0 Å². The summed E-state index contributed by atoms with van der Waals surface area (Å²) in [4.78, 5) is 13.2. The molecule has 4 nitrogen and oxygen atoms in total. The van der Waals surface area contributed by atoms with Crippen LogP contribution in [0.15, 0.2) is 36.4 Å². The molecule has 2 aliphatic carbocycles. The van der Waals surface area contributed by atoms with Crippen molar-refractivity contribution in [3.63, 3.8) is 0 Å². The Balaban J connectivity index is 1.35. The van der Waals surface area contributed by atoms with Gasteiger partial charge in [0, 0.05) is 36.0 Å². The van der Waals surface area contributed by atoms with Crippen molar-refractivity contribution in [1.29, 1.82) is 0 Å². The minimum absolute atomic E-state index is 0.185. The van der Waals surface area contributed by atoms with Crippen LogP contribution in [0, 0.1) is 11.8 Å². The minimum Gasteiger partial charge on any atom is -0.373 e. The largest absolute Gasteiger partial charge is 0.373 e. The van der Waals surface area contributed by atoms with Crippen molar-refractivity contribution in [3.8, 4) is 0 Å². The number of hydrogen-bond donors (Lipinski definition) is 2. The molecule has 5 aliphatic rings. The molecule has 3 heterocycles. The fraction of sp³-hybridized carbons (Fsp3) is 0.591. The van der Waals surface area contributed by atoms with Crippen LogP contribution in [0.5, 0.6) is 0 Å². The number of rotatable bonds is 6. The molecule has 7 atom stereocenters. The third kappa shape index (κ3) is 2.29. The van der Waals surface area contributed by atoms with E-state index in [2.05, 4.69) is 41.4 Å². The lowest BCUT2D eigenvalue weighted by Crippen LogP contribution is -2.44. The molecule has 2 N–H and O–H groups in total. The molecule has 2 saturated heterocycles. The van der Waals surface area contributed by atoms with Gasteiger partial charge >= 0.3 is 0 Å². The van der Waals surface area contributed by atoms with E-state index in [4.69, 9.17) is 0 Å². The Labute approximate surface area is 155 Å². The number of piperidine rings is 1. The fourth-order valence-corrected chi connectivity index (χ4v) is 5.96. The molecule has 1 aromatic carbocycles. The van der Waals surface area contributed by atoms with Gasteiger partial charge in [-0.05, 0) is 24.3 Å². The van der Waals surface area contributed by atoms with Crippen molar-refractivity contribution in [2.45, 2.75) is 62.4 Å². The number of carbonyl (C=O) groups is 1. The van der Waals surface area contributed by atoms with Gasteiger partial charge in [-0.1, -0.05) is 56.2 Å².